The van der Waals surface area contributed by atoms with E-state index in [0.717, 1.165) is 23.5 Å². The van der Waals surface area contributed by atoms with Crippen LogP contribution in [0.1, 0.15) is 33.6 Å². The molecule has 18 heavy (non-hydrogen) atoms. The van der Waals surface area contributed by atoms with Gasteiger partial charge in [-0.3, -0.25) is 0 Å². The van der Waals surface area contributed by atoms with Crippen molar-refractivity contribution in [3.63, 3.8) is 0 Å². The summed E-state index contributed by atoms with van der Waals surface area (Å²) in [7, 11) is 0. The van der Waals surface area contributed by atoms with E-state index in [1.165, 1.54) is 17.4 Å². The normalized spacial score (nSPS) is 15.7. The molecule has 1 heterocycles. The number of nitrogens with zero attached hydrogens (tertiary/aromatic N) is 1. The highest BCUT2D eigenvalue weighted by molar-refractivity contribution is 7.11. The smallest absolute Gasteiger partial charge is 0.129 e. The SMILES string of the molecule is NC(c1nc2c(s1)CCC2)c1ccc(Cl)cc1F. The van der Waals surface area contributed by atoms with Gasteiger partial charge in [0, 0.05) is 15.5 Å². The summed E-state index contributed by atoms with van der Waals surface area (Å²) in [6.07, 6.45) is 3.25. The monoisotopic (exact) mass is 282 g/mol. The molecular weight excluding hydrogens is 271 g/mol. The largest absolute Gasteiger partial charge is 0.318 e. The Kier molecular flexibility index (Phi) is 3.09. The van der Waals surface area contributed by atoms with E-state index in [2.05, 4.69) is 4.98 Å². The van der Waals surface area contributed by atoms with Gasteiger partial charge in [-0.2, -0.15) is 0 Å². The summed E-state index contributed by atoms with van der Waals surface area (Å²) in [5.41, 5.74) is 7.68. The second kappa shape index (κ2) is 4.61. The molecule has 3 rings (SSSR count). The Balaban J connectivity index is 1.95. The predicted molar refractivity (Wildman–Crippen MR) is 71.6 cm³/mol. The second-order valence-electron chi connectivity index (χ2n) is 4.42. The molecule has 5 heteroatoms. The van der Waals surface area contributed by atoms with E-state index in [1.807, 2.05) is 0 Å². The van der Waals surface area contributed by atoms with Gasteiger partial charge in [-0.25, -0.2) is 9.37 Å². The van der Waals surface area contributed by atoms with Gasteiger partial charge in [-0.15, -0.1) is 11.3 Å². The number of benzene rings is 1. The van der Waals surface area contributed by atoms with Gasteiger partial charge < -0.3 is 5.73 Å². The number of aromatic nitrogens is 1. The van der Waals surface area contributed by atoms with E-state index >= 15 is 0 Å². The molecule has 0 radical (unpaired) electrons. The number of halogens is 2. The van der Waals surface area contributed by atoms with Crippen LogP contribution in [0.15, 0.2) is 18.2 Å². The van der Waals surface area contributed by atoms with Crippen LogP contribution in [-0.4, -0.2) is 4.98 Å². The first-order valence-corrected chi connectivity index (χ1v) is 7.03. The molecule has 0 spiro atoms. The molecule has 0 saturated carbocycles. The lowest BCUT2D eigenvalue weighted by molar-refractivity contribution is 0.599. The fourth-order valence-electron chi connectivity index (χ4n) is 2.23. The molecule has 1 atom stereocenters. The zero-order chi connectivity index (χ0) is 12.7. The molecule has 0 amide bonds. The van der Waals surface area contributed by atoms with Crippen LogP contribution in [0.2, 0.25) is 5.02 Å². The number of hydrogen-bond acceptors (Lipinski definition) is 3. The summed E-state index contributed by atoms with van der Waals surface area (Å²) < 4.78 is 13.8. The van der Waals surface area contributed by atoms with E-state index in [1.54, 1.807) is 23.5 Å². The Hall–Kier alpha value is -0.970. The highest BCUT2D eigenvalue weighted by Crippen LogP contribution is 2.33. The molecule has 1 unspecified atom stereocenters. The maximum absolute atomic E-state index is 13.8. The molecule has 1 aromatic carbocycles. The lowest BCUT2D eigenvalue weighted by Gasteiger charge is -2.10. The Bertz CT molecular complexity index is 575. The molecule has 0 fully saturated rings. The average molecular weight is 283 g/mol. The molecule has 1 aliphatic carbocycles. The van der Waals surface area contributed by atoms with Crippen LogP contribution in [0.25, 0.3) is 0 Å². The van der Waals surface area contributed by atoms with Crippen LogP contribution in [0, 0.1) is 5.82 Å². The molecule has 0 bridgehead atoms. The quantitative estimate of drug-likeness (QED) is 0.916. The van der Waals surface area contributed by atoms with E-state index < -0.39 is 6.04 Å². The molecular formula is C13H12ClFN2S. The first-order valence-electron chi connectivity index (χ1n) is 5.84. The number of thiazole rings is 1. The molecule has 1 aliphatic rings. The van der Waals surface area contributed by atoms with Crippen molar-refractivity contribution >= 4 is 22.9 Å². The predicted octanol–water partition coefficient (Wildman–Crippen LogP) is 3.47. The van der Waals surface area contributed by atoms with Gasteiger partial charge in [0.1, 0.15) is 10.8 Å². The van der Waals surface area contributed by atoms with Gasteiger partial charge in [0.25, 0.3) is 0 Å². The van der Waals surface area contributed by atoms with Crippen LogP contribution in [0.3, 0.4) is 0 Å². The number of hydrogen-bond donors (Lipinski definition) is 1. The Morgan fingerprint density at radius 2 is 2.22 bits per heavy atom. The van der Waals surface area contributed by atoms with E-state index in [-0.39, 0.29) is 5.82 Å². The lowest BCUT2D eigenvalue weighted by atomic mass is 10.1. The Morgan fingerprint density at radius 3 is 2.94 bits per heavy atom. The standard InChI is InChI=1S/C13H12ClFN2S/c14-7-4-5-8(9(15)6-7)12(16)13-17-10-2-1-3-11(10)18-13/h4-6,12H,1-3,16H2. The molecule has 94 valence electrons. The first kappa shape index (κ1) is 12.1. The highest BCUT2D eigenvalue weighted by Gasteiger charge is 2.22. The fraction of sp³-hybridized carbons (Fsp3) is 0.308. The number of nitrogens with two attached hydrogens (primary N) is 1. The van der Waals surface area contributed by atoms with Crippen LogP contribution in [0.5, 0.6) is 0 Å². The van der Waals surface area contributed by atoms with Crippen molar-refractivity contribution < 1.29 is 4.39 Å². The second-order valence-corrected chi connectivity index (χ2v) is 5.97. The maximum Gasteiger partial charge on any atom is 0.129 e. The molecule has 2 aromatic rings. The number of fused-ring (bicyclic) bond motifs is 1. The minimum atomic E-state index is -0.502. The Morgan fingerprint density at radius 1 is 1.39 bits per heavy atom. The molecule has 0 saturated heterocycles. The maximum atomic E-state index is 13.8. The van der Waals surface area contributed by atoms with Gasteiger partial charge in [-0.05, 0) is 31.4 Å². The van der Waals surface area contributed by atoms with Crippen molar-refractivity contribution in [2.24, 2.45) is 5.73 Å². The number of rotatable bonds is 2. The van der Waals surface area contributed by atoms with Gasteiger partial charge in [-0.1, -0.05) is 17.7 Å². The fourth-order valence-corrected chi connectivity index (χ4v) is 3.56. The topological polar surface area (TPSA) is 38.9 Å². The minimum Gasteiger partial charge on any atom is -0.318 e. The van der Waals surface area contributed by atoms with Crippen molar-refractivity contribution in [1.29, 1.82) is 0 Å². The van der Waals surface area contributed by atoms with Gasteiger partial charge >= 0.3 is 0 Å². The zero-order valence-electron chi connectivity index (χ0n) is 9.62. The van der Waals surface area contributed by atoms with Crippen LogP contribution in [-0.2, 0) is 12.8 Å². The van der Waals surface area contributed by atoms with Gasteiger partial charge in [0.05, 0.1) is 11.7 Å². The van der Waals surface area contributed by atoms with Crippen molar-refractivity contribution in [2.75, 3.05) is 0 Å². The zero-order valence-corrected chi connectivity index (χ0v) is 11.2. The molecule has 2 N–H and O–H groups in total. The van der Waals surface area contributed by atoms with Crippen LogP contribution < -0.4 is 5.73 Å². The minimum absolute atomic E-state index is 0.370. The van der Waals surface area contributed by atoms with Crippen molar-refractivity contribution in [1.82, 2.24) is 4.98 Å². The van der Waals surface area contributed by atoms with Gasteiger partial charge in [0.15, 0.2) is 0 Å². The van der Waals surface area contributed by atoms with E-state index in [9.17, 15) is 4.39 Å². The highest BCUT2D eigenvalue weighted by atomic mass is 35.5. The Labute approximate surface area is 114 Å². The van der Waals surface area contributed by atoms with Crippen LogP contribution >= 0.6 is 22.9 Å². The summed E-state index contributed by atoms with van der Waals surface area (Å²) >= 11 is 7.34. The van der Waals surface area contributed by atoms with Gasteiger partial charge in [0.2, 0.25) is 0 Å². The average Bonchev–Trinajstić information content (AvgIpc) is 2.87. The first-order chi connectivity index (χ1) is 8.65. The van der Waals surface area contributed by atoms with E-state index in [0.29, 0.717) is 10.6 Å². The molecule has 0 aliphatic heterocycles. The lowest BCUT2D eigenvalue weighted by Crippen LogP contribution is -2.13. The van der Waals surface area contributed by atoms with Crippen molar-refractivity contribution in [2.45, 2.75) is 25.3 Å². The third-order valence-electron chi connectivity index (χ3n) is 3.18. The molecule has 1 aromatic heterocycles. The van der Waals surface area contributed by atoms with Crippen LogP contribution in [0.4, 0.5) is 4.39 Å². The summed E-state index contributed by atoms with van der Waals surface area (Å²) in [6, 6.07) is 4.08. The van der Waals surface area contributed by atoms with Crippen molar-refractivity contribution in [3.05, 3.63) is 50.2 Å². The third-order valence-corrected chi connectivity index (χ3v) is 4.65. The van der Waals surface area contributed by atoms with E-state index in [4.69, 9.17) is 17.3 Å². The summed E-state index contributed by atoms with van der Waals surface area (Å²) in [4.78, 5) is 5.83. The summed E-state index contributed by atoms with van der Waals surface area (Å²) in [5.74, 6) is -0.370. The summed E-state index contributed by atoms with van der Waals surface area (Å²) in [6.45, 7) is 0. The van der Waals surface area contributed by atoms with Crippen molar-refractivity contribution in [3.8, 4) is 0 Å². The third kappa shape index (κ3) is 2.05. The number of aryl methyl sites for hydroxylation is 2. The molecule has 2 nitrogen and oxygen atoms in total. The summed E-state index contributed by atoms with van der Waals surface area (Å²) in [5, 5.41) is 1.17.